The normalized spacial score (nSPS) is 22.9. The Bertz CT molecular complexity index is 632. The number of aliphatic hydroxyl groups is 1. The molecule has 8 heteroatoms. The van der Waals surface area contributed by atoms with E-state index in [4.69, 9.17) is 4.74 Å². The summed E-state index contributed by atoms with van der Waals surface area (Å²) in [4.78, 5) is 10.7. The average Bonchev–Trinajstić information content (AvgIpc) is 3.00. The van der Waals surface area contributed by atoms with Crippen molar-refractivity contribution < 1.29 is 9.84 Å². The molecule has 0 bridgehead atoms. The smallest absolute Gasteiger partial charge is 0.164 e. The van der Waals surface area contributed by atoms with Crippen LogP contribution in [-0.4, -0.2) is 57.3 Å². The summed E-state index contributed by atoms with van der Waals surface area (Å²) in [5.41, 5.74) is 0.763. The van der Waals surface area contributed by atoms with Crippen LogP contribution < -0.4 is 4.90 Å². The molecular weight excluding hydrogens is 326 g/mol. The van der Waals surface area contributed by atoms with Gasteiger partial charge >= 0.3 is 0 Å². The largest absolute Gasteiger partial charge is 0.394 e. The summed E-state index contributed by atoms with van der Waals surface area (Å²) in [5, 5.41) is 14.8. The molecule has 20 heavy (non-hydrogen) atoms. The molecule has 1 aliphatic heterocycles. The number of nitrogens with zero attached hydrogens (tertiary/aromatic N) is 5. The van der Waals surface area contributed by atoms with E-state index in [0.717, 1.165) is 23.3 Å². The van der Waals surface area contributed by atoms with E-state index < -0.39 is 0 Å². The van der Waals surface area contributed by atoms with Gasteiger partial charge in [0.2, 0.25) is 0 Å². The number of hydrogen-bond donors (Lipinski definition) is 1. The van der Waals surface area contributed by atoms with Crippen molar-refractivity contribution in [1.29, 1.82) is 0 Å². The zero-order valence-corrected chi connectivity index (χ0v) is 12.9. The van der Waals surface area contributed by atoms with Crippen molar-refractivity contribution in [2.75, 3.05) is 25.2 Å². The zero-order chi connectivity index (χ0) is 14.3. The molecule has 0 spiro atoms. The summed E-state index contributed by atoms with van der Waals surface area (Å²) in [7, 11) is 3.54. The second-order valence-corrected chi connectivity index (χ2v) is 5.64. The number of ether oxygens (including phenoxy) is 1. The maximum atomic E-state index is 9.58. The summed E-state index contributed by atoms with van der Waals surface area (Å²) < 4.78 is 7.84. The number of anilines is 1. The fourth-order valence-electron chi connectivity index (χ4n) is 2.72. The third kappa shape index (κ3) is 2.07. The second kappa shape index (κ2) is 5.27. The minimum Gasteiger partial charge on any atom is -0.394 e. The minimum absolute atomic E-state index is 0.00477. The number of aromatic nitrogens is 4. The topological polar surface area (TPSA) is 76.3 Å². The van der Waals surface area contributed by atoms with Gasteiger partial charge in [-0.25, -0.2) is 14.6 Å². The summed E-state index contributed by atoms with van der Waals surface area (Å²) >= 11 is 3.46. The number of aliphatic hydroxyl groups excluding tert-OH is 1. The average molecular weight is 342 g/mol. The SMILES string of the molecule is CO[C@@H]1C[C@@H](CO)N(c2ncnc3c2c(Br)nn3C)C1. The summed E-state index contributed by atoms with van der Waals surface area (Å²) in [5.74, 6) is 0.786. The standard InChI is InChI=1S/C12H16BrN5O2/c1-17-11-9(10(13)16-17)12(15-6-14-11)18-4-8(20-2)3-7(18)5-19/h6-8,19H,3-5H2,1-2H3/t7-,8+/m0/s1. The maximum Gasteiger partial charge on any atom is 0.164 e. The Morgan fingerprint density at radius 2 is 2.30 bits per heavy atom. The second-order valence-electron chi connectivity index (χ2n) is 4.89. The van der Waals surface area contributed by atoms with Crippen LogP contribution in [0.5, 0.6) is 0 Å². The van der Waals surface area contributed by atoms with Gasteiger partial charge in [-0.15, -0.1) is 0 Å². The quantitative estimate of drug-likeness (QED) is 0.886. The third-order valence-electron chi connectivity index (χ3n) is 3.75. The van der Waals surface area contributed by atoms with E-state index in [0.29, 0.717) is 11.1 Å². The van der Waals surface area contributed by atoms with Gasteiger partial charge in [-0.2, -0.15) is 5.10 Å². The lowest BCUT2D eigenvalue weighted by molar-refractivity contribution is 0.115. The first-order valence-corrected chi connectivity index (χ1v) is 7.18. The number of methoxy groups -OCH3 is 1. The van der Waals surface area contributed by atoms with Crippen molar-refractivity contribution in [2.24, 2.45) is 7.05 Å². The van der Waals surface area contributed by atoms with Crippen LogP contribution in [0.3, 0.4) is 0 Å². The Hall–Kier alpha value is -1.25. The molecule has 1 fully saturated rings. The molecule has 2 atom stereocenters. The zero-order valence-electron chi connectivity index (χ0n) is 11.3. The fraction of sp³-hybridized carbons (Fsp3) is 0.583. The van der Waals surface area contributed by atoms with Gasteiger partial charge < -0.3 is 14.7 Å². The van der Waals surface area contributed by atoms with Gasteiger partial charge in [0.1, 0.15) is 16.7 Å². The monoisotopic (exact) mass is 341 g/mol. The number of fused-ring (bicyclic) bond motifs is 1. The van der Waals surface area contributed by atoms with E-state index in [1.807, 2.05) is 7.05 Å². The number of hydrogen-bond acceptors (Lipinski definition) is 6. The van der Waals surface area contributed by atoms with Gasteiger partial charge in [0.15, 0.2) is 5.65 Å². The van der Waals surface area contributed by atoms with Crippen LogP contribution in [0.2, 0.25) is 0 Å². The lowest BCUT2D eigenvalue weighted by Gasteiger charge is -2.24. The van der Waals surface area contributed by atoms with E-state index in [1.54, 1.807) is 11.8 Å². The van der Waals surface area contributed by atoms with Crippen LogP contribution in [0.15, 0.2) is 10.9 Å². The van der Waals surface area contributed by atoms with Crippen LogP contribution in [0.1, 0.15) is 6.42 Å². The van der Waals surface area contributed by atoms with Crippen molar-refractivity contribution >= 4 is 32.8 Å². The van der Waals surface area contributed by atoms with E-state index >= 15 is 0 Å². The van der Waals surface area contributed by atoms with Crippen molar-refractivity contribution in [3.8, 4) is 0 Å². The molecule has 7 nitrogen and oxygen atoms in total. The van der Waals surface area contributed by atoms with Gasteiger partial charge in [0, 0.05) is 20.7 Å². The Kier molecular flexibility index (Phi) is 3.61. The van der Waals surface area contributed by atoms with Crippen molar-refractivity contribution in [3.05, 3.63) is 10.9 Å². The number of rotatable bonds is 3. The Morgan fingerprint density at radius 3 is 3.00 bits per heavy atom. The maximum absolute atomic E-state index is 9.58. The first-order chi connectivity index (χ1) is 9.65. The molecule has 1 saturated heterocycles. The van der Waals surface area contributed by atoms with E-state index in [-0.39, 0.29) is 18.8 Å². The van der Waals surface area contributed by atoms with Crippen LogP contribution in [-0.2, 0) is 11.8 Å². The highest BCUT2D eigenvalue weighted by Gasteiger charge is 2.34. The fourth-order valence-corrected chi connectivity index (χ4v) is 3.31. The summed E-state index contributed by atoms with van der Waals surface area (Å²) in [6, 6.07) is 0.00477. The third-order valence-corrected chi connectivity index (χ3v) is 4.31. The van der Waals surface area contributed by atoms with Crippen LogP contribution in [0.25, 0.3) is 11.0 Å². The predicted molar refractivity (Wildman–Crippen MR) is 77.6 cm³/mol. The molecule has 2 aromatic rings. The van der Waals surface area contributed by atoms with Crippen LogP contribution >= 0.6 is 15.9 Å². The van der Waals surface area contributed by atoms with Gasteiger partial charge in [0.05, 0.1) is 24.1 Å². The number of aryl methyl sites for hydroxylation is 1. The van der Waals surface area contributed by atoms with Crippen molar-refractivity contribution in [1.82, 2.24) is 19.7 Å². The first kappa shape index (κ1) is 13.7. The molecule has 0 saturated carbocycles. The molecule has 1 N–H and O–H groups in total. The minimum atomic E-state index is 0.00477. The molecule has 0 amide bonds. The Balaban J connectivity index is 2.10. The summed E-state index contributed by atoms with van der Waals surface area (Å²) in [6.45, 7) is 0.776. The van der Waals surface area contributed by atoms with E-state index in [1.165, 1.54) is 6.33 Å². The lowest BCUT2D eigenvalue weighted by atomic mass is 10.2. The molecule has 0 aromatic carbocycles. The van der Waals surface area contributed by atoms with Gasteiger partial charge in [-0.05, 0) is 22.4 Å². The van der Waals surface area contributed by atoms with Gasteiger partial charge in [-0.1, -0.05) is 0 Å². The highest BCUT2D eigenvalue weighted by atomic mass is 79.9. The van der Waals surface area contributed by atoms with Crippen LogP contribution in [0.4, 0.5) is 5.82 Å². The Morgan fingerprint density at radius 1 is 1.50 bits per heavy atom. The van der Waals surface area contributed by atoms with E-state index in [2.05, 4.69) is 35.9 Å². The molecule has 2 aromatic heterocycles. The van der Waals surface area contributed by atoms with Crippen LogP contribution in [0, 0.1) is 0 Å². The highest BCUT2D eigenvalue weighted by molar-refractivity contribution is 9.10. The first-order valence-electron chi connectivity index (χ1n) is 6.39. The van der Waals surface area contributed by atoms with Gasteiger partial charge in [-0.3, -0.25) is 0 Å². The van der Waals surface area contributed by atoms with Crippen molar-refractivity contribution in [3.63, 3.8) is 0 Å². The lowest BCUT2D eigenvalue weighted by Crippen LogP contribution is -2.33. The van der Waals surface area contributed by atoms with E-state index in [9.17, 15) is 5.11 Å². The molecule has 0 unspecified atom stereocenters. The molecule has 0 aliphatic carbocycles. The molecule has 108 valence electrons. The molecule has 0 radical (unpaired) electrons. The predicted octanol–water partition coefficient (Wildman–Crippen LogP) is 0.712. The summed E-state index contributed by atoms with van der Waals surface area (Å²) in [6.07, 6.45) is 2.42. The molecule has 3 heterocycles. The molecule has 3 rings (SSSR count). The highest BCUT2D eigenvalue weighted by Crippen LogP contribution is 2.33. The molecular formula is C12H16BrN5O2. The molecule has 1 aliphatic rings. The Labute approximate surface area is 124 Å². The van der Waals surface area contributed by atoms with Gasteiger partial charge in [0.25, 0.3) is 0 Å². The van der Waals surface area contributed by atoms with Crippen molar-refractivity contribution in [2.45, 2.75) is 18.6 Å². The number of halogens is 1.